The summed E-state index contributed by atoms with van der Waals surface area (Å²) in [5.74, 6) is 0.474. The monoisotopic (exact) mass is 249 g/mol. The van der Waals surface area contributed by atoms with Gasteiger partial charge in [-0.1, -0.05) is 19.8 Å². The molecule has 0 amide bonds. The fourth-order valence-electron chi connectivity index (χ4n) is 2.69. The highest BCUT2D eigenvalue weighted by Gasteiger charge is 2.23. The number of hydrogen-bond donors (Lipinski definition) is 3. The van der Waals surface area contributed by atoms with E-state index in [2.05, 4.69) is 12.2 Å². The van der Waals surface area contributed by atoms with Gasteiger partial charge in [0.25, 0.3) is 0 Å². The van der Waals surface area contributed by atoms with Crippen LogP contribution in [0.5, 0.6) is 11.5 Å². The number of aryl methyl sites for hydroxylation is 1. The quantitative estimate of drug-likeness (QED) is 0.702. The summed E-state index contributed by atoms with van der Waals surface area (Å²) in [6, 6.07) is 3.73. The predicted octanol–water partition coefficient (Wildman–Crippen LogP) is 3.26. The van der Waals surface area contributed by atoms with Gasteiger partial charge in [-0.15, -0.1) is 0 Å². The second-order valence-electron chi connectivity index (χ2n) is 5.15. The van der Waals surface area contributed by atoms with Gasteiger partial charge in [-0.3, -0.25) is 0 Å². The Morgan fingerprint density at radius 2 is 1.94 bits per heavy atom. The van der Waals surface area contributed by atoms with Crippen LogP contribution in [0.3, 0.4) is 0 Å². The predicted molar refractivity (Wildman–Crippen MR) is 73.0 cm³/mol. The van der Waals surface area contributed by atoms with E-state index in [1.165, 1.54) is 12.8 Å². The maximum absolute atomic E-state index is 10.1. The van der Waals surface area contributed by atoms with Gasteiger partial charge in [-0.05, 0) is 49.9 Å². The van der Waals surface area contributed by atoms with Gasteiger partial charge in [0.1, 0.15) is 11.5 Å². The number of phenolic OH excluding ortho intramolecular Hbond substituents is 2. The van der Waals surface area contributed by atoms with Crippen molar-refractivity contribution in [2.24, 2.45) is 0 Å². The lowest BCUT2D eigenvalue weighted by Gasteiger charge is -2.15. The molecule has 1 aromatic rings. The van der Waals surface area contributed by atoms with Gasteiger partial charge < -0.3 is 15.5 Å². The number of benzene rings is 1. The van der Waals surface area contributed by atoms with Crippen LogP contribution in [-0.2, 0) is 6.42 Å². The highest BCUT2D eigenvalue weighted by atomic mass is 16.3. The molecule has 3 N–H and O–H groups in total. The Hall–Kier alpha value is -1.22. The highest BCUT2D eigenvalue weighted by Crippen LogP contribution is 2.38. The molecule has 1 saturated heterocycles. The van der Waals surface area contributed by atoms with Crippen LogP contribution in [0.25, 0.3) is 0 Å². The Morgan fingerprint density at radius 3 is 2.50 bits per heavy atom. The van der Waals surface area contributed by atoms with E-state index < -0.39 is 0 Å². The molecule has 0 radical (unpaired) electrons. The molecule has 1 unspecified atom stereocenters. The van der Waals surface area contributed by atoms with Crippen LogP contribution in [0, 0.1) is 0 Å². The molecule has 0 aliphatic carbocycles. The second-order valence-corrected chi connectivity index (χ2v) is 5.15. The summed E-state index contributed by atoms with van der Waals surface area (Å²) in [4.78, 5) is 0. The SMILES string of the molecule is CCCCCc1cc(O)c(C2CCCN2)c(O)c1. The molecule has 1 fully saturated rings. The Labute approximate surface area is 109 Å². The lowest BCUT2D eigenvalue weighted by Crippen LogP contribution is -2.13. The second kappa shape index (κ2) is 6.10. The Bertz CT molecular complexity index is 374. The van der Waals surface area contributed by atoms with Crippen LogP contribution in [-0.4, -0.2) is 16.8 Å². The van der Waals surface area contributed by atoms with E-state index in [4.69, 9.17) is 0 Å². The number of hydrogen-bond acceptors (Lipinski definition) is 3. The van der Waals surface area contributed by atoms with Crippen LogP contribution < -0.4 is 5.32 Å². The lowest BCUT2D eigenvalue weighted by molar-refractivity contribution is 0.421. The Kier molecular flexibility index (Phi) is 4.48. The summed E-state index contributed by atoms with van der Waals surface area (Å²) in [6.45, 7) is 3.13. The molecule has 2 rings (SSSR count). The smallest absolute Gasteiger partial charge is 0.124 e. The molecular formula is C15H23NO2. The van der Waals surface area contributed by atoms with Gasteiger partial charge in [0.2, 0.25) is 0 Å². The molecule has 18 heavy (non-hydrogen) atoms. The third-order valence-corrected chi connectivity index (χ3v) is 3.67. The molecule has 3 heteroatoms. The highest BCUT2D eigenvalue weighted by molar-refractivity contribution is 5.48. The standard InChI is InChI=1S/C15H23NO2/c1-2-3-4-6-11-9-13(17)15(14(18)10-11)12-7-5-8-16-12/h9-10,12,16-18H,2-8H2,1H3. The summed E-state index contributed by atoms with van der Waals surface area (Å²) in [5.41, 5.74) is 1.70. The summed E-state index contributed by atoms with van der Waals surface area (Å²) in [7, 11) is 0. The number of nitrogens with one attached hydrogen (secondary N) is 1. The van der Waals surface area contributed by atoms with E-state index in [0.29, 0.717) is 5.56 Å². The van der Waals surface area contributed by atoms with Crippen LogP contribution in [0.4, 0.5) is 0 Å². The number of aromatic hydroxyl groups is 2. The first kappa shape index (κ1) is 13.2. The number of rotatable bonds is 5. The van der Waals surface area contributed by atoms with E-state index in [0.717, 1.165) is 37.8 Å². The zero-order valence-corrected chi connectivity index (χ0v) is 11.1. The Balaban J connectivity index is 2.12. The first-order chi connectivity index (χ1) is 8.72. The van der Waals surface area contributed by atoms with Crippen LogP contribution in [0.1, 0.15) is 56.2 Å². The minimum atomic E-state index is 0.106. The van der Waals surface area contributed by atoms with Crippen molar-refractivity contribution < 1.29 is 10.2 Å². The largest absolute Gasteiger partial charge is 0.507 e. The summed E-state index contributed by atoms with van der Waals surface area (Å²) < 4.78 is 0. The fourth-order valence-corrected chi connectivity index (χ4v) is 2.69. The summed E-state index contributed by atoms with van der Waals surface area (Å²) >= 11 is 0. The van der Waals surface area contributed by atoms with Crippen molar-refractivity contribution >= 4 is 0 Å². The Morgan fingerprint density at radius 1 is 1.22 bits per heavy atom. The summed E-state index contributed by atoms with van der Waals surface area (Å²) in [6.07, 6.45) is 6.48. The zero-order valence-electron chi connectivity index (χ0n) is 11.1. The number of phenols is 2. The van der Waals surface area contributed by atoms with E-state index in [1.54, 1.807) is 0 Å². The molecule has 0 saturated carbocycles. The van der Waals surface area contributed by atoms with Gasteiger partial charge in [-0.2, -0.15) is 0 Å². The molecule has 3 nitrogen and oxygen atoms in total. The summed E-state index contributed by atoms with van der Waals surface area (Å²) in [5, 5.41) is 23.5. The van der Waals surface area contributed by atoms with Crippen LogP contribution >= 0.6 is 0 Å². The molecule has 1 aliphatic heterocycles. The van der Waals surface area contributed by atoms with Crippen LogP contribution in [0.15, 0.2) is 12.1 Å². The van der Waals surface area contributed by atoms with Gasteiger partial charge in [-0.25, -0.2) is 0 Å². The van der Waals surface area contributed by atoms with E-state index in [9.17, 15) is 10.2 Å². The van der Waals surface area contributed by atoms with Gasteiger partial charge in [0.15, 0.2) is 0 Å². The molecule has 1 atom stereocenters. The van der Waals surface area contributed by atoms with E-state index >= 15 is 0 Å². The van der Waals surface area contributed by atoms with Crippen molar-refractivity contribution in [1.82, 2.24) is 5.32 Å². The normalized spacial score (nSPS) is 19.3. The average Bonchev–Trinajstić information content (AvgIpc) is 2.82. The first-order valence-corrected chi connectivity index (χ1v) is 7.00. The first-order valence-electron chi connectivity index (χ1n) is 7.00. The number of unbranched alkanes of at least 4 members (excludes halogenated alkanes) is 2. The maximum Gasteiger partial charge on any atom is 0.124 e. The van der Waals surface area contributed by atoms with E-state index in [1.807, 2.05) is 12.1 Å². The minimum Gasteiger partial charge on any atom is -0.507 e. The third kappa shape index (κ3) is 2.96. The van der Waals surface area contributed by atoms with Gasteiger partial charge >= 0.3 is 0 Å². The molecule has 1 heterocycles. The molecule has 0 bridgehead atoms. The molecule has 1 aliphatic rings. The van der Waals surface area contributed by atoms with Gasteiger partial charge in [0, 0.05) is 6.04 Å². The van der Waals surface area contributed by atoms with E-state index in [-0.39, 0.29) is 17.5 Å². The minimum absolute atomic E-state index is 0.106. The van der Waals surface area contributed by atoms with Crippen molar-refractivity contribution in [3.05, 3.63) is 23.3 Å². The average molecular weight is 249 g/mol. The topological polar surface area (TPSA) is 52.5 Å². The molecular weight excluding hydrogens is 226 g/mol. The maximum atomic E-state index is 10.1. The van der Waals surface area contributed by atoms with Gasteiger partial charge in [0.05, 0.1) is 5.56 Å². The lowest BCUT2D eigenvalue weighted by atomic mass is 9.98. The molecule has 100 valence electrons. The van der Waals surface area contributed by atoms with Crippen molar-refractivity contribution in [2.75, 3.05) is 6.54 Å². The van der Waals surface area contributed by atoms with Crippen molar-refractivity contribution in [2.45, 2.75) is 51.5 Å². The van der Waals surface area contributed by atoms with Crippen molar-refractivity contribution in [3.63, 3.8) is 0 Å². The van der Waals surface area contributed by atoms with Crippen LogP contribution in [0.2, 0.25) is 0 Å². The van der Waals surface area contributed by atoms with Crippen molar-refractivity contribution in [3.8, 4) is 11.5 Å². The molecule has 1 aromatic carbocycles. The van der Waals surface area contributed by atoms with Crippen molar-refractivity contribution in [1.29, 1.82) is 0 Å². The molecule has 0 spiro atoms. The third-order valence-electron chi connectivity index (χ3n) is 3.67. The molecule has 0 aromatic heterocycles. The fraction of sp³-hybridized carbons (Fsp3) is 0.600. The zero-order chi connectivity index (χ0) is 13.0.